The van der Waals surface area contributed by atoms with Crippen LogP contribution in [-0.4, -0.2) is 51.3 Å². The molecule has 23 heavy (non-hydrogen) atoms. The van der Waals surface area contributed by atoms with E-state index in [-0.39, 0.29) is 11.6 Å². The molecule has 1 saturated heterocycles. The van der Waals surface area contributed by atoms with E-state index in [9.17, 15) is 9.59 Å². The number of hydrogen-bond acceptors (Lipinski definition) is 4. The maximum absolute atomic E-state index is 12.1. The number of carboxylic acid groups (broad SMARTS) is 1. The van der Waals surface area contributed by atoms with Crippen molar-refractivity contribution in [1.82, 2.24) is 19.8 Å². The van der Waals surface area contributed by atoms with Crippen LogP contribution in [0, 0.1) is 0 Å². The normalized spacial score (nSPS) is 16.5. The molecule has 0 spiro atoms. The minimum atomic E-state index is -0.960. The Morgan fingerprint density at radius 2 is 2.04 bits per heavy atom. The molecule has 7 heteroatoms. The average Bonchev–Trinajstić information content (AvgIpc) is 2.55. The van der Waals surface area contributed by atoms with E-state index in [0.29, 0.717) is 6.54 Å². The molecule has 0 saturated carbocycles. The van der Waals surface area contributed by atoms with Gasteiger partial charge in [0.05, 0.1) is 11.7 Å². The molecule has 0 bridgehead atoms. The van der Waals surface area contributed by atoms with Crippen LogP contribution in [-0.2, 0) is 6.54 Å². The number of rotatable bonds is 4. The second-order valence-electron chi connectivity index (χ2n) is 5.82. The lowest BCUT2D eigenvalue weighted by Gasteiger charge is -2.31. The molecule has 0 aliphatic carbocycles. The Labute approximate surface area is 133 Å². The molecule has 3 rings (SSSR count). The third kappa shape index (κ3) is 3.68. The monoisotopic (exact) mass is 316 g/mol. The van der Waals surface area contributed by atoms with E-state index in [0.717, 1.165) is 43.4 Å². The second-order valence-corrected chi connectivity index (χ2v) is 5.82. The molecular formula is C16H20N4O3. The van der Waals surface area contributed by atoms with Crippen molar-refractivity contribution in [3.05, 3.63) is 40.9 Å². The number of piperidine rings is 1. The van der Waals surface area contributed by atoms with E-state index in [2.05, 4.69) is 15.2 Å². The van der Waals surface area contributed by atoms with Crippen LogP contribution in [0.1, 0.15) is 12.8 Å². The van der Waals surface area contributed by atoms with Gasteiger partial charge in [-0.05, 0) is 25.0 Å². The highest BCUT2D eigenvalue weighted by Gasteiger charge is 2.20. The predicted octanol–water partition coefficient (Wildman–Crippen LogP) is 1.13. The Kier molecular flexibility index (Phi) is 4.57. The molecule has 1 aliphatic heterocycles. The summed E-state index contributed by atoms with van der Waals surface area (Å²) >= 11 is 0. The molecule has 0 radical (unpaired) electrons. The summed E-state index contributed by atoms with van der Waals surface area (Å²) in [7, 11) is 0. The number of aromatic nitrogens is 2. The van der Waals surface area contributed by atoms with Crippen LogP contribution >= 0.6 is 0 Å². The zero-order valence-electron chi connectivity index (χ0n) is 12.8. The summed E-state index contributed by atoms with van der Waals surface area (Å²) in [5.74, 6) is 0. The van der Waals surface area contributed by atoms with Gasteiger partial charge in [0.15, 0.2) is 0 Å². The van der Waals surface area contributed by atoms with Crippen molar-refractivity contribution in [2.75, 3.05) is 19.6 Å². The van der Waals surface area contributed by atoms with E-state index >= 15 is 0 Å². The van der Waals surface area contributed by atoms with Gasteiger partial charge in [0.1, 0.15) is 0 Å². The van der Waals surface area contributed by atoms with Crippen LogP contribution in [0.25, 0.3) is 10.9 Å². The molecule has 0 atom stereocenters. The molecular weight excluding hydrogens is 296 g/mol. The molecule has 2 N–H and O–H groups in total. The van der Waals surface area contributed by atoms with E-state index in [1.54, 1.807) is 23.0 Å². The van der Waals surface area contributed by atoms with Crippen molar-refractivity contribution in [3.63, 3.8) is 0 Å². The SMILES string of the molecule is O=C(O)NC1CCN(CCn2c(=O)ccc3ccncc32)CC1. The lowest BCUT2D eigenvalue weighted by atomic mass is 10.1. The number of fused-ring (bicyclic) bond motifs is 1. The average molecular weight is 316 g/mol. The first-order valence-corrected chi connectivity index (χ1v) is 7.79. The van der Waals surface area contributed by atoms with Crippen molar-refractivity contribution in [2.24, 2.45) is 0 Å². The summed E-state index contributed by atoms with van der Waals surface area (Å²) in [6, 6.07) is 5.34. The Morgan fingerprint density at radius 3 is 2.78 bits per heavy atom. The van der Waals surface area contributed by atoms with E-state index in [1.165, 1.54) is 0 Å². The molecule has 2 aromatic rings. The zero-order chi connectivity index (χ0) is 16.2. The number of nitrogens with zero attached hydrogens (tertiary/aromatic N) is 3. The number of nitrogens with one attached hydrogen (secondary N) is 1. The highest BCUT2D eigenvalue weighted by molar-refractivity contribution is 5.77. The Hall–Kier alpha value is -2.41. The summed E-state index contributed by atoms with van der Waals surface area (Å²) in [6.45, 7) is 3.05. The van der Waals surface area contributed by atoms with Crippen LogP contribution < -0.4 is 10.9 Å². The number of likely N-dealkylation sites (tertiary alicyclic amines) is 1. The molecule has 122 valence electrons. The minimum absolute atomic E-state index is 0.0204. The van der Waals surface area contributed by atoms with Gasteiger partial charge in [-0.3, -0.25) is 9.78 Å². The zero-order valence-corrected chi connectivity index (χ0v) is 12.8. The summed E-state index contributed by atoms with van der Waals surface area (Å²) in [4.78, 5) is 29.1. The predicted molar refractivity (Wildman–Crippen MR) is 86.6 cm³/mol. The fourth-order valence-electron chi connectivity index (χ4n) is 3.08. The Balaban J connectivity index is 1.63. The van der Waals surface area contributed by atoms with Gasteiger partial charge in [-0.2, -0.15) is 0 Å². The smallest absolute Gasteiger partial charge is 0.404 e. The highest BCUT2D eigenvalue weighted by atomic mass is 16.4. The number of pyridine rings is 2. The van der Waals surface area contributed by atoms with Crippen LogP contribution in [0.15, 0.2) is 35.4 Å². The Morgan fingerprint density at radius 1 is 1.26 bits per heavy atom. The van der Waals surface area contributed by atoms with E-state index in [4.69, 9.17) is 5.11 Å². The first-order chi connectivity index (χ1) is 11.1. The molecule has 3 heterocycles. The minimum Gasteiger partial charge on any atom is -0.465 e. The van der Waals surface area contributed by atoms with Crippen LogP contribution in [0.5, 0.6) is 0 Å². The molecule has 7 nitrogen and oxygen atoms in total. The lowest BCUT2D eigenvalue weighted by molar-refractivity contribution is 0.166. The Bertz CT molecular complexity index is 750. The molecule has 1 amide bonds. The van der Waals surface area contributed by atoms with E-state index < -0.39 is 6.09 Å². The summed E-state index contributed by atoms with van der Waals surface area (Å²) in [5.41, 5.74) is 0.829. The second kappa shape index (κ2) is 6.78. The van der Waals surface area contributed by atoms with Gasteiger partial charge in [-0.15, -0.1) is 0 Å². The van der Waals surface area contributed by atoms with Gasteiger partial charge >= 0.3 is 6.09 Å². The standard InChI is InChI=1S/C16H20N4O3/c21-15-2-1-12-3-6-17-11-14(12)20(15)10-9-19-7-4-13(5-8-19)18-16(22)23/h1-3,6,11,13,18H,4-5,7-10H2,(H,22,23). The van der Waals surface area contributed by atoms with E-state index in [1.807, 2.05) is 12.1 Å². The summed E-state index contributed by atoms with van der Waals surface area (Å²) in [6.07, 6.45) is 4.09. The third-order valence-corrected chi connectivity index (χ3v) is 4.35. The van der Waals surface area contributed by atoms with Gasteiger partial charge in [0.25, 0.3) is 5.56 Å². The van der Waals surface area contributed by atoms with Crippen LogP contribution in [0.3, 0.4) is 0 Å². The fraction of sp³-hybridized carbons (Fsp3) is 0.438. The molecule has 0 unspecified atom stereocenters. The molecule has 0 aromatic carbocycles. The maximum atomic E-state index is 12.1. The quantitative estimate of drug-likeness (QED) is 0.883. The molecule has 1 fully saturated rings. The largest absolute Gasteiger partial charge is 0.465 e. The molecule has 2 aromatic heterocycles. The van der Waals surface area contributed by atoms with Crippen molar-refractivity contribution in [1.29, 1.82) is 0 Å². The first-order valence-electron chi connectivity index (χ1n) is 7.79. The van der Waals surface area contributed by atoms with Crippen LogP contribution in [0.4, 0.5) is 4.79 Å². The van der Waals surface area contributed by atoms with Gasteiger partial charge in [0, 0.05) is 49.9 Å². The third-order valence-electron chi connectivity index (χ3n) is 4.35. The van der Waals surface area contributed by atoms with Gasteiger partial charge < -0.3 is 19.9 Å². The highest BCUT2D eigenvalue weighted by Crippen LogP contribution is 2.12. The van der Waals surface area contributed by atoms with Crippen LogP contribution in [0.2, 0.25) is 0 Å². The first kappa shape index (κ1) is 15.5. The number of amides is 1. The van der Waals surface area contributed by atoms with Crippen molar-refractivity contribution in [2.45, 2.75) is 25.4 Å². The van der Waals surface area contributed by atoms with Gasteiger partial charge in [0.2, 0.25) is 0 Å². The van der Waals surface area contributed by atoms with Crippen molar-refractivity contribution in [3.8, 4) is 0 Å². The number of carbonyl (C=O) groups is 1. The van der Waals surface area contributed by atoms with Crippen molar-refractivity contribution < 1.29 is 9.90 Å². The lowest BCUT2D eigenvalue weighted by Crippen LogP contribution is -2.45. The summed E-state index contributed by atoms with van der Waals surface area (Å²) in [5, 5.41) is 12.3. The topological polar surface area (TPSA) is 87.5 Å². The van der Waals surface area contributed by atoms with Gasteiger partial charge in [-0.25, -0.2) is 4.79 Å². The number of hydrogen-bond donors (Lipinski definition) is 2. The fourth-order valence-corrected chi connectivity index (χ4v) is 3.08. The summed E-state index contributed by atoms with van der Waals surface area (Å²) < 4.78 is 1.75. The van der Waals surface area contributed by atoms with Gasteiger partial charge in [-0.1, -0.05) is 0 Å². The van der Waals surface area contributed by atoms with Crippen molar-refractivity contribution >= 4 is 17.0 Å². The molecule has 1 aliphatic rings. The maximum Gasteiger partial charge on any atom is 0.404 e.